The maximum atomic E-state index is 11.5. The smallest absolute Gasteiger partial charge is 0.319 e. The van der Waals surface area contributed by atoms with Gasteiger partial charge in [0.05, 0.1) is 18.5 Å². The van der Waals surface area contributed by atoms with E-state index in [4.69, 9.17) is 9.47 Å². The monoisotopic (exact) mass is 267 g/mol. The molecule has 6 nitrogen and oxygen atoms in total. The summed E-state index contributed by atoms with van der Waals surface area (Å²) in [6.07, 6.45) is 1.55. The molecule has 2 amide bonds. The fourth-order valence-corrected chi connectivity index (χ4v) is 1.24. The molecule has 0 aliphatic heterocycles. The minimum Gasteiger partial charge on any atom is -0.475 e. The SMILES string of the molecule is COCCOc1ccc(NC(=O)NCC(C)C)cn1. The number of urea groups is 1. The van der Waals surface area contributed by atoms with Gasteiger partial charge in [0.15, 0.2) is 0 Å². The molecule has 1 aromatic rings. The molecule has 106 valence electrons. The van der Waals surface area contributed by atoms with Gasteiger partial charge in [-0.25, -0.2) is 9.78 Å². The van der Waals surface area contributed by atoms with Crippen molar-refractivity contribution in [3.8, 4) is 5.88 Å². The molecule has 1 heterocycles. The molecule has 0 fully saturated rings. The van der Waals surface area contributed by atoms with Crippen molar-refractivity contribution < 1.29 is 14.3 Å². The van der Waals surface area contributed by atoms with Crippen LogP contribution in [0, 0.1) is 5.92 Å². The van der Waals surface area contributed by atoms with Gasteiger partial charge in [0, 0.05) is 19.7 Å². The van der Waals surface area contributed by atoms with Crippen molar-refractivity contribution >= 4 is 11.7 Å². The number of aromatic nitrogens is 1. The number of amides is 2. The van der Waals surface area contributed by atoms with E-state index in [2.05, 4.69) is 15.6 Å². The molecule has 0 radical (unpaired) electrons. The van der Waals surface area contributed by atoms with Gasteiger partial charge in [-0.05, 0) is 12.0 Å². The lowest BCUT2D eigenvalue weighted by Crippen LogP contribution is -2.31. The minimum absolute atomic E-state index is 0.233. The van der Waals surface area contributed by atoms with Crippen molar-refractivity contribution in [1.82, 2.24) is 10.3 Å². The molecule has 0 unspecified atom stereocenters. The number of nitrogens with zero attached hydrogens (tertiary/aromatic N) is 1. The molecule has 0 saturated heterocycles. The number of pyridine rings is 1. The van der Waals surface area contributed by atoms with E-state index in [0.717, 1.165) is 0 Å². The molecule has 0 bridgehead atoms. The molecular weight excluding hydrogens is 246 g/mol. The second-order valence-corrected chi connectivity index (χ2v) is 4.46. The highest BCUT2D eigenvalue weighted by atomic mass is 16.5. The van der Waals surface area contributed by atoms with E-state index >= 15 is 0 Å². The Morgan fingerprint density at radius 1 is 1.37 bits per heavy atom. The number of nitrogens with one attached hydrogen (secondary N) is 2. The topological polar surface area (TPSA) is 72.5 Å². The Kier molecular flexibility index (Phi) is 6.67. The van der Waals surface area contributed by atoms with Crippen LogP contribution in [0.5, 0.6) is 5.88 Å². The van der Waals surface area contributed by atoms with E-state index in [1.807, 2.05) is 13.8 Å². The van der Waals surface area contributed by atoms with Crippen molar-refractivity contribution in [2.75, 3.05) is 32.2 Å². The number of hydrogen-bond acceptors (Lipinski definition) is 4. The molecule has 0 aromatic carbocycles. The fourth-order valence-electron chi connectivity index (χ4n) is 1.24. The van der Waals surface area contributed by atoms with E-state index in [1.54, 1.807) is 25.4 Å². The van der Waals surface area contributed by atoms with Crippen LogP contribution in [0.25, 0.3) is 0 Å². The first-order valence-electron chi connectivity index (χ1n) is 6.24. The number of hydrogen-bond donors (Lipinski definition) is 2. The largest absolute Gasteiger partial charge is 0.475 e. The second-order valence-electron chi connectivity index (χ2n) is 4.46. The molecular formula is C13H21N3O3. The van der Waals surface area contributed by atoms with Crippen LogP contribution in [-0.2, 0) is 4.74 Å². The van der Waals surface area contributed by atoms with Crippen molar-refractivity contribution in [2.45, 2.75) is 13.8 Å². The third-order valence-electron chi connectivity index (χ3n) is 2.20. The number of carbonyl (C=O) groups is 1. The van der Waals surface area contributed by atoms with Gasteiger partial charge in [-0.15, -0.1) is 0 Å². The normalized spacial score (nSPS) is 10.3. The van der Waals surface area contributed by atoms with Crippen molar-refractivity contribution in [3.63, 3.8) is 0 Å². The Labute approximate surface area is 113 Å². The maximum Gasteiger partial charge on any atom is 0.319 e. The third kappa shape index (κ3) is 6.61. The van der Waals surface area contributed by atoms with Crippen LogP contribution in [0.1, 0.15) is 13.8 Å². The van der Waals surface area contributed by atoms with Crippen LogP contribution >= 0.6 is 0 Å². The van der Waals surface area contributed by atoms with Gasteiger partial charge in [0.25, 0.3) is 0 Å². The van der Waals surface area contributed by atoms with Gasteiger partial charge in [-0.3, -0.25) is 0 Å². The van der Waals surface area contributed by atoms with Crippen LogP contribution in [0.2, 0.25) is 0 Å². The number of methoxy groups -OCH3 is 1. The van der Waals surface area contributed by atoms with Crippen molar-refractivity contribution in [1.29, 1.82) is 0 Å². The zero-order chi connectivity index (χ0) is 14.1. The zero-order valence-corrected chi connectivity index (χ0v) is 11.6. The second kappa shape index (κ2) is 8.31. The van der Waals surface area contributed by atoms with Gasteiger partial charge in [0.2, 0.25) is 5.88 Å². The van der Waals surface area contributed by atoms with E-state index in [9.17, 15) is 4.79 Å². The molecule has 19 heavy (non-hydrogen) atoms. The first-order chi connectivity index (χ1) is 9.11. The average Bonchev–Trinajstić information content (AvgIpc) is 2.39. The molecule has 0 spiro atoms. The number of carbonyl (C=O) groups excluding carboxylic acids is 1. The first kappa shape index (κ1) is 15.2. The van der Waals surface area contributed by atoms with Crippen LogP contribution < -0.4 is 15.4 Å². The summed E-state index contributed by atoms with van der Waals surface area (Å²) in [7, 11) is 1.61. The van der Waals surface area contributed by atoms with Crippen molar-refractivity contribution in [3.05, 3.63) is 18.3 Å². The van der Waals surface area contributed by atoms with Gasteiger partial charge in [-0.1, -0.05) is 13.8 Å². The predicted molar refractivity (Wildman–Crippen MR) is 73.5 cm³/mol. The molecule has 0 aliphatic carbocycles. The molecule has 1 aromatic heterocycles. The van der Waals surface area contributed by atoms with Gasteiger partial charge >= 0.3 is 6.03 Å². The lowest BCUT2D eigenvalue weighted by atomic mass is 10.2. The summed E-state index contributed by atoms with van der Waals surface area (Å²) in [5.41, 5.74) is 0.625. The Morgan fingerprint density at radius 3 is 2.74 bits per heavy atom. The fraction of sp³-hybridized carbons (Fsp3) is 0.538. The van der Waals surface area contributed by atoms with Crippen LogP contribution in [0.4, 0.5) is 10.5 Å². The summed E-state index contributed by atoms with van der Waals surface area (Å²) in [6, 6.07) is 3.21. The molecule has 0 aliphatic rings. The molecule has 0 saturated carbocycles. The van der Waals surface area contributed by atoms with Gasteiger partial charge in [-0.2, -0.15) is 0 Å². The quantitative estimate of drug-likeness (QED) is 0.740. The van der Waals surface area contributed by atoms with E-state index in [-0.39, 0.29) is 6.03 Å². The van der Waals surface area contributed by atoms with Crippen LogP contribution in [-0.4, -0.2) is 37.9 Å². The number of anilines is 1. The van der Waals surface area contributed by atoms with E-state index in [1.165, 1.54) is 0 Å². The van der Waals surface area contributed by atoms with Crippen molar-refractivity contribution in [2.24, 2.45) is 5.92 Å². The molecule has 0 atom stereocenters. The number of rotatable bonds is 7. The molecule has 1 rings (SSSR count). The first-order valence-corrected chi connectivity index (χ1v) is 6.24. The Balaban J connectivity index is 2.37. The lowest BCUT2D eigenvalue weighted by molar-refractivity contribution is 0.144. The Bertz CT molecular complexity index is 379. The van der Waals surface area contributed by atoms with Gasteiger partial charge in [0.1, 0.15) is 6.61 Å². The third-order valence-corrected chi connectivity index (χ3v) is 2.20. The highest BCUT2D eigenvalue weighted by Crippen LogP contribution is 2.11. The lowest BCUT2D eigenvalue weighted by Gasteiger charge is -2.09. The van der Waals surface area contributed by atoms with E-state index in [0.29, 0.717) is 37.2 Å². The highest BCUT2D eigenvalue weighted by Gasteiger charge is 2.03. The zero-order valence-electron chi connectivity index (χ0n) is 11.6. The summed E-state index contributed by atoms with van der Waals surface area (Å²) in [5.74, 6) is 0.922. The predicted octanol–water partition coefficient (Wildman–Crippen LogP) is 1.88. The number of ether oxygens (including phenoxy) is 2. The van der Waals surface area contributed by atoms with Gasteiger partial charge < -0.3 is 20.1 Å². The summed E-state index contributed by atoms with van der Waals surface area (Å²) in [5, 5.41) is 5.46. The van der Waals surface area contributed by atoms with E-state index < -0.39 is 0 Å². The Morgan fingerprint density at radius 2 is 2.16 bits per heavy atom. The maximum absolute atomic E-state index is 11.5. The Hall–Kier alpha value is -1.82. The van der Waals surface area contributed by atoms with Crippen LogP contribution in [0.3, 0.4) is 0 Å². The summed E-state index contributed by atoms with van der Waals surface area (Å²) >= 11 is 0. The van der Waals surface area contributed by atoms with Crippen LogP contribution in [0.15, 0.2) is 18.3 Å². The highest BCUT2D eigenvalue weighted by molar-refractivity contribution is 5.88. The molecule has 6 heteroatoms. The minimum atomic E-state index is -0.233. The molecule has 2 N–H and O–H groups in total. The average molecular weight is 267 g/mol. The summed E-state index contributed by atoms with van der Waals surface area (Å²) in [6.45, 7) is 5.67. The summed E-state index contributed by atoms with van der Waals surface area (Å²) in [4.78, 5) is 15.6. The standard InChI is InChI=1S/C13H21N3O3/c1-10(2)8-15-13(17)16-11-4-5-12(14-9-11)19-7-6-18-3/h4-5,9-10H,6-8H2,1-3H3,(H2,15,16,17). The summed E-state index contributed by atoms with van der Waals surface area (Å²) < 4.78 is 10.2.